The molecule has 0 aliphatic rings. The van der Waals surface area contributed by atoms with E-state index in [9.17, 15) is 8.78 Å². The fraction of sp³-hybridized carbons (Fsp3) is 0.357. The van der Waals surface area contributed by atoms with Crippen molar-refractivity contribution in [3.8, 4) is 5.69 Å². The number of aromatic nitrogens is 2. The number of nitrogens with two attached hydrogens (primary N) is 1. The van der Waals surface area contributed by atoms with E-state index in [4.69, 9.17) is 5.73 Å². The lowest BCUT2D eigenvalue weighted by atomic mass is 10.0. The van der Waals surface area contributed by atoms with Crippen LogP contribution in [0.5, 0.6) is 0 Å². The van der Waals surface area contributed by atoms with Crippen LogP contribution in [0.25, 0.3) is 5.69 Å². The zero-order chi connectivity index (χ0) is 14.0. The first kappa shape index (κ1) is 13.7. The van der Waals surface area contributed by atoms with E-state index in [-0.39, 0.29) is 11.7 Å². The normalized spacial score (nSPS) is 12.7. The van der Waals surface area contributed by atoms with Gasteiger partial charge in [-0.3, -0.25) is 4.57 Å². The van der Waals surface area contributed by atoms with E-state index in [1.807, 2.05) is 6.92 Å². The number of nitrogens with zero attached hydrogens (tertiary/aromatic N) is 2. The molecule has 0 amide bonds. The van der Waals surface area contributed by atoms with Crippen LogP contribution in [0.2, 0.25) is 0 Å². The van der Waals surface area contributed by atoms with Gasteiger partial charge in [0.25, 0.3) is 0 Å². The van der Waals surface area contributed by atoms with Gasteiger partial charge in [0.1, 0.15) is 11.5 Å². The fourth-order valence-electron chi connectivity index (χ4n) is 2.03. The van der Waals surface area contributed by atoms with E-state index < -0.39 is 11.6 Å². The summed E-state index contributed by atoms with van der Waals surface area (Å²) < 4.78 is 29.6. The highest BCUT2D eigenvalue weighted by molar-refractivity contribution is 5.39. The fourth-order valence-corrected chi connectivity index (χ4v) is 2.03. The molecule has 1 aromatic carbocycles. The first-order valence-electron chi connectivity index (χ1n) is 6.26. The molecule has 2 N–H and O–H groups in total. The number of aryl methyl sites for hydroxylation is 1. The molecule has 1 atom stereocenters. The van der Waals surface area contributed by atoms with Crippen molar-refractivity contribution in [2.75, 3.05) is 0 Å². The van der Waals surface area contributed by atoms with Crippen LogP contribution < -0.4 is 5.73 Å². The molecule has 0 saturated carbocycles. The second-order valence-electron chi connectivity index (χ2n) is 4.62. The Hall–Kier alpha value is -1.75. The van der Waals surface area contributed by atoms with Crippen LogP contribution in [-0.4, -0.2) is 15.6 Å². The molecule has 102 valence electrons. The maximum Gasteiger partial charge on any atom is 0.150 e. The smallest absolute Gasteiger partial charge is 0.150 e. The van der Waals surface area contributed by atoms with Crippen molar-refractivity contribution in [2.24, 2.45) is 5.73 Å². The molecule has 5 heteroatoms. The third-order valence-electron chi connectivity index (χ3n) is 3.17. The van der Waals surface area contributed by atoms with Crippen molar-refractivity contribution in [3.63, 3.8) is 0 Å². The molecule has 2 aromatic rings. The lowest BCUT2D eigenvalue weighted by molar-refractivity contribution is 0.559. The van der Waals surface area contributed by atoms with Crippen molar-refractivity contribution >= 4 is 0 Å². The summed E-state index contributed by atoms with van der Waals surface area (Å²) in [6.07, 6.45) is 4.28. The molecular formula is C14H17F2N3. The van der Waals surface area contributed by atoms with Crippen LogP contribution in [-0.2, 0) is 6.42 Å². The summed E-state index contributed by atoms with van der Waals surface area (Å²) in [6, 6.07) is 2.60. The highest BCUT2D eigenvalue weighted by Crippen LogP contribution is 2.21. The van der Waals surface area contributed by atoms with Gasteiger partial charge in [0.2, 0.25) is 0 Å². The summed E-state index contributed by atoms with van der Waals surface area (Å²) in [5, 5.41) is 0. The monoisotopic (exact) mass is 265 g/mol. The molecule has 0 aliphatic heterocycles. The molecule has 2 rings (SSSR count). The van der Waals surface area contributed by atoms with Gasteiger partial charge in [0.05, 0.1) is 0 Å². The minimum atomic E-state index is -0.598. The largest absolute Gasteiger partial charge is 0.327 e. The Morgan fingerprint density at radius 3 is 2.42 bits per heavy atom. The second-order valence-corrected chi connectivity index (χ2v) is 4.62. The molecule has 0 radical (unpaired) electrons. The minimum absolute atomic E-state index is 0.0837. The van der Waals surface area contributed by atoms with Crippen LogP contribution in [0, 0.1) is 18.6 Å². The summed E-state index contributed by atoms with van der Waals surface area (Å²) in [4.78, 5) is 3.97. The van der Waals surface area contributed by atoms with E-state index >= 15 is 0 Å². The summed E-state index contributed by atoms with van der Waals surface area (Å²) in [6.45, 7) is 3.64. The predicted octanol–water partition coefficient (Wildman–Crippen LogP) is 2.74. The number of halogens is 2. The number of hydrogen-bond donors (Lipinski definition) is 1. The Labute approximate surface area is 111 Å². The molecule has 1 aromatic heterocycles. The van der Waals surface area contributed by atoms with Gasteiger partial charge < -0.3 is 5.73 Å². The highest BCUT2D eigenvalue weighted by Gasteiger charge is 2.15. The Kier molecular flexibility index (Phi) is 3.95. The molecule has 0 saturated heterocycles. The molecule has 3 nitrogen and oxygen atoms in total. The van der Waals surface area contributed by atoms with Crippen LogP contribution in [0.1, 0.15) is 24.7 Å². The van der Waals surface area contributed by atoms with Gasteiger partial charge in [-0.05, 0) is 37.5 Å². The molecule has 1 heterocycles. The molecule has 0 aliphatic carbocycles. The first-order valence-corrected chi connectivity index (χ1v) is 6.26. The van der Waals surface area contributed by atoms with Gasteiger partial charge in [-0.1, -0.05) is 6.92 Å². The van der Waals surface area contributed by atoms with Crippen molar-refractivity contribution < 1.29 is 8.78 Å². The molecule has 1 unspecified atom stereocenters. The average Bonchev–Trinajstić information content (AvgIpc) is 2.75. The van der Waals surface area contributed by atoms with E-state index in [1.165, 1.54) is 29.1 Å². The van der Waals surface area contributed by atoms with Gasteiger partial charge >= 0.3 is 0 Å². The minimum Gasteiger partial charge on any atom is -0.327 e. The van der Waals surface area contributed by atoms with E-state index in [1.54, 1.807) is 6.92 Å². The van der Waals surface area contributed by atoms with Crippen molar-refractivity contribution in [3.05, 3.63) is 47.5 Å². The van der Waals surface area contributed by atoms with E-state index in [2.05, 4.69) is 4.98 Å². The third kappa shape index (κ3) is 2.81. The van der Waals surface area contributed by atoms with Gasteiger partial charge in [-0.2, -0.15) is 0 Å². The van der Waals surface area contributed by atoms with Crippen LogP contribution in [0.15, 0.2) is 24.5 Å². The van der Waals surface area contributed by atoms with Gasteiger partial charge in [-0.15, -0.1) is 0 Å². The van der Waals surface area contributed by atoms with Crippen molar-refractivity contribution in [1.82, 2.24) is 9.55 Å². The van der Waals surface area contributed by atoms with E-state index in [0.717, 1.165) is 6.42 Å². The predicted molar refractivity (Wildman–Crippen MR) is 70.2 cm³/mol. The van der Waals surface area contributed by atoms with Crippen LogP contribution >= 0.6 is 0 Å². The average molecular weight is 265 g/mol. The number of benzene rings is 1. The Bertz CT molecular complexity index is 555. The van der Waals surface area contributed by atoms with Gasteiger partial charge in [0, 0.05) is 18.4 Å². The summed E-state index contributed by atoms with van der Waals surface area (Å²) >= 11 is 0. The maximum atomic E-state index is 14.1. The first-order chi connectivity index (χ1) is 9.02. The van der Waals surface area contributed by atoms with Crippen molar-refractivity contribution in [1.29, 1.82) is 0 Å². The molecule has 0 spiro atoms. The lowest BCUT2D eigenvalue weighted by Gasteiger charge is -2.12. The molecule has 19 heavy (non-hydrogen) atoms. The maximum absolute atomic E-state index is 14.1. The summed E-state index contributed by atoms with van der Waals surface area (Å²) in [5.74, 6) is -0.658. The van der Waals surface area contributed by atoms with Gasteiger partial charge in [-0.25, -0.2) is 13.8 Å². The third-order valence-corrected chi connectivity index (χ3v) is 3.17. The van der Waals surface area contributed by atoms with E-state index in [0.29, 0.717) is 17.8 Å². The zero-order valence-corrected chi connectivity index (χ0v) is 11.0. The Morgan fingerprint density at radius 2 is 1.95 bits per heavy atom. The van der Waals surface area contributed by atoms with Gasteiger partial charge in [0.15, 0.2) is 11.6 Å². The number of imidazole rings is 1. The molecular weight excluding hydrogens is 248 g/mol. The summed E-state index contributed by atoms with van der Waals surface area (Å²) in [7, 11) is 0. The highest BCUT2D eigenvalue weighted by atomic mass is 19.1. The molecule has 0 bridgehead atoms. The zero-order valence-electron chi connectivity index (χ0n) is 11.0. The summed E-state index contributed by atoms with van der Waals surface area (Å²) in [5.41, 5.74) is 6.28. The quantitative estimate of drug-likeness (QED) is 0.923. The molecule has 0 fully saturated rings. The van der Waals surface area contributed by atoms with Crippen LogP contribution in [0.3, 0.4) is 0 Å². The lowest BCUT2D eigenvalue weighted by Crippen LogP contribution is -2.21. The van der Waals surface area contributed by atoms with Crippen LogP contribution in [0.4, 0.5) is 8.78 Å². The Morgan fingerprint density at radius 1 is 1.32 bits per heavy atom. The van der Waals surface area contributed by atoms with Crippen molar-refractivity contribution in [2.45, 2.75) is 32.7 Å². The number of hydrogen-bond acceptors (Lipinski definition) is 2. The Balaban J connectivity index is 2.41. The number of rotatable bonds is 4. The topological polar surface area (TPSA) is 43.8 Å². The second kappa shape index (κ2) is 5.48. The standard InChI is InChI=1S/C14H17F2N3/c1-3-11(17)6-10-7-12(15)14(13(16)8-10)19-5-4-18-9(19)2/h4-5,7-8,11H,3,6,17H2,1-2H3. The SMILES string of the molecule is CCC(N)Cc1cc(F)c(-n2ccnc2C)c(F)c1.